The first-order chi connectivity index (χ1) is 18.1. The van der Waals surface area contributed by atoms with Crippen molar-refractivity contribution in [1.82, 2.24) is 23.8 Å². The van der Waals surface area contributed by atoms with Crippen LogP contribution >= 0.6 is 0 Å². The first kappa shape index (κ1) is 27.3. The molecule has 1 saturated heterocycles. The van der Waals surface area contributed by atoms with Crippen LogP contribution in [0.5, 0.6) is 0 Å². The molecule has 1 aliphatic heterocycles. The van der Waals surface area contributed by atoms with Crippen LogP contribution < -0.4 is 10.2 Å². The van der Waals surface area contributed by atoms with Gasteiger partial charge in [-0.3, -0.25) is 0 Å². The molecule has 0 spiro atoms. The van der Waals surface area contributed by atoms with Crippen molar-refractivity contribution in [2.75, 3.05) is 42.9 Å². The lowest BCUT2D eigenvalue weighted by Gasteiger charge is -2.34. The molecule has 0 bridgehead atoms. The number of aryl methyl sites for hydroxylation is 1. The number of benzene rings is 1. The molecule has 0 radical (unpaired) electrons. The Morgan fingerprint density at radius 1 is 1.08 bits per heavy atom. The van der Waals surface area contributed by atoms with Gasteiger partial charge in [-0.15, -0.1) is 0 Å². The summed E-state index contributed by atoms with van der Waals surface area (Å²) >= 11 is 0. The summed E-state index contributed by atoms with van der Waals surface area (Å²) in [5, 5.41) is 10.8. The Balaban J connectivity index is 1.49. The Morgan fingerprint density at radius 3 is 2.26 bits per heavy atom. The first-order valence-corrected chi connectivity index (χ1v) is 13.1. The lowest BCUT2D eigenvalue weighted by Crippen LogP contribution is -2.43. The van der Waals surface area contributed by atoms with Gasteiger partial charge in [0.05, 0.1) is 6.33 Å². The van der Waals surface area contributed by atoms with Gasteiger partial charge in [-0.2, -0.15) is 9.57 Å². The number of piperidine rings is 1. The lowest BCUT2D eigenvalue weighted by atomic mass is 9.97. The van der Waals surface area contributed by atoms with Gasteiger partial charge in [0.2, 0.25) is 5.95 Å². The van der Waals surface area contributed by atoms with Crippen molar-refractivity contribution < 1.29 is 26.0 Å². The van der Waals surface area contributed by atoms with Gasteiger partial charge in [0, 0.05) is 58.4 Å². The van der Waals surface area contributed by atoms with Gasteiger partial charge < -0.3 is 14.8 Å². The summed E-state index contributed by atoms with van der Waals surface area (Å²) < 4.78 is 85.9. The molecule has 1 N–H and O–H groups in total. The minimum absolute atomic E-state index is 0.0493. The molecule has 15 heteroatoms. The highest BCUT2D eigenvalue weighted by Gasteiger charge is 2.31. The number of sulfonamides is 1. The van der Waals surface area contributed by atoms with Gasteiger partial charge >= 0.3 is 0 Å². The first-order valence-electron chi connectivity index (χ1n) is 11.6. The highest BCUT2D eigenvalue weighted by Crippen LogP contribution is 2.28. The number of hydrogen-bond donors (Lipinski definition) is 1. The fraction of sp³-hybridized carbons (Fsp3) is 0.391. The van der Waals surface area contributed by atoms with E-state index in [0.29, 0.717) is 31.9 Å². The molecule has 2 aromatic heterocycles. The molecule has 0 unspecified atom stereocenters. The highest BCUT2D eigenvalue weighted by molar-refractivity contribution is 7.89. The maximum Gasteiger partial charge on any atom is 0.262 e. The van der Waals surface area contributed by atoms with E-state index in [9.17, 15) is 26.0 Å². The summed E-state index contributed by atoms with van der Waals surface area (Å²) in [4.78, 5) is 14.4. The summed E-state index contributed by atoms with van der Waals surface area (Å²) in [5.41, 5.74) is -2.50. The van der Waals surface area contributed by atoms with Crippen molar-refractivity contribution in [3.8, 4) is 6.07 Å². The number of anilines is 2. The van der Waals surface area contributed by atoms with Crippen molar-refractivity contribution in [2.24, 2.45) is 13.0 Å². The van der Waals surface area contributed by atoms with E-state index in [1.807, 2.05) is 4.90 Å². The number of rotatable bonds is 9. The number of nitrogens with zero attached hydrogens (tertiary/aromatic N) is 7. The second-order valence-electron chi connectivity index (χ2n) is 8.76. The summed E-state index contributed by atoms with van der Waals surface area (Å²) in [5.74, 6) is -6.67. The second kappa shape index (κ2) is 11.3. The molecule has 3 heterocycles. The maximum absolute atomic E-state index is 14.3. The van der Waals surface area contributed by atoms with Gasteiger partial charge in [0.1, 0.15) is 17.3 Å². The predicted octanol–water partition coefficient (Wildman–Crippen LogP) is 2.66. The smallest absolute Gasteiger partial charge is 0.262 e. The van der Waals surface area contributed by atoms with Crippen molar-refractivity contribution in [3.05, 3.63) is 59.8 Å². The molecule has 0 saturated carbocycles. The predicted molar refractivity (Wildman–Crippen MR) is 128 cm³/mol. The third-order valence-electron chi connectivity index (χ3n) is 6.23. The molecule has 4 rings (SSSR count). The zero-order valence-electron chi connectivity index (χ0n) is 20.3. The van der Waals surface area contributed by atoms with Crippen molar-refractivity contribution in [2.45, 2.75) is 17.9 Å². The Bertz CT molecular complexity index is 1410. The summed E-state index contributed by atoms with van der Waals surface area (Å²) in [7, 11) is -2.49. The van der Waals surface area contributed by atoms with Gasteiger partial charge in [-0.1, -0.05) is 0 Å². The molecule has 0 aliphatic carbocycles. The van der Waals surface area contributed by atoms with Crippen LogP contribution in [0.4, 0.5) is 29.2 Å². The van der Waals surface area contributed by atoms with E-state index in [4.69, 9.17) is 5.26 Å². The van der Waals surface area contributed by atoms with Gasteiger partial charge in [0.25, 0.3) is 10.0 Å². The third kappa shape index (κ3) is 5.55. The van der Waals surface area contributed by atoms with Crippen LogP contribution in [0.3, 0.4) is 0 Å². The van der Waals surface area contributed by atoms with Gasteiger partial charge in [0.15, 0.2) is 28.3 Å². The average molecular weight is 553 g/mol. The van der Waals surface area contributed by atoms with Crippen LogP contribution in [-0.4, -0.2) is 65.0 Å². The normalized spacial score (nSPS) is 14.6. The third-order valence-corrected chi connectivity index (χ3v) is 7.99. The Hall–Kier alpha value is -3.77. The second-order valence-corrected chi connectivity index (χ2v) is 10.6. The van der Waals surface area contributed by atoms with Crippen LogP contribution in [0.1, 0.15) is 18.4 Å². The fourth-order valence-electron chi connectivity index (χ4n) is 4.21. The molecular weight excluding hydrogens is 528 g/mol. The molecule has 1 aromatic carbocycles. The lowest BCUT2D eigenvalue weighted by molar-refractivity contribution is 0.304. The largest absolute Gasteiger partial charge is 0.379 e. The molecule has 10 nitrogen and oxygen atoms in total. The van der Waals surface area contributed by atoms with Crippen LogP contribution in [-0.2, 0) is 17.1 Å². The number of imidazole rings is 1. The number of nitrogens with one attached hydrogen (secondary N) is 1. The molecule has 38 heavy (non-hydrogen) atoms. The standard InChI is InChI=1S/C23H24F4N8O2S/c1-33-13-17(32-14-33)38(36,37)35(12-15-3-8-34(9-4-15)23-30-5-2-6-31-23)10-7-29-22-20(26)18(24)16(11-28)19(25)21(22)27/h2,5-6,13-15,29H,3-4,7-10,12H2,1H3. The van der Waals surface area contributed by atoms with Crippen LogP contribution in [0.25, 0.3) is 0 Å². The van der Waals surface area contributed by atoms with Crippen LogP contribution in [0, 0.1) is 40.5 Å². The van der Waals surface area contributed by atoms with Crippen LogP contribution in [0.2, 0.25) is 0 Å². The zero-order chi connectivity index (χ0) is 27.4. The zero-order valence-corrected chi connectivity index (χ0v) is 21.1. The average Bonchev–Trinajstić information content (AvgIpc) is 3.37. The molecule has 1 aliphatic rings. The Labute approximate surface area is 216 Å². The van der Waals surface area contributed by atoms with Crippen molar-refractivity contribution in [3.63, 3.8) is 0 Å². The Morgan fingerprint density at radius 2 is 1.71 bits per heavy atom. The minimum atomic E-state index is -4.10. The molecule has 0 atom stereocenters. The van der Waals surface area contributed by atoms with Gasteiger partial charge in [-0.25, -0.2) is 40.9 Å². The molecule has 1 fully saturated rings. The number of aromatic nitrogens is 4. The quantitative estimate of drug-likeness (QED) is 0.318. The Kier molecular flexibility index (Phi) is 8.12. The highest BCUT2D eigenvalue weighted by atomic mass is 32.2. The monoisotopic (exact) mass is 552 g/mol. The van der Waals surface area contributed by atoms with Crippen molar-refractivity contribution in [1.29, 1.82) is 5.26 Å². The molecule has 3 aromatic rings. The van der Waals surface area contributed by atoms with E-state index in [0.717, 1.165) is 10.4 Å². The van der Waals surface area contributed by atoms with Gasteiger partial charge in [-0.05, 0) is 24.8 Å². The SMILES string of the molecule is Cn1cnc(S(=O)(=O)N(CCNc2c(F)c(F)c(C#N)c(F)c2F)CC2CCN(c3ncccn3)CC2)c1. The van der Waals surface area contributed by atoms with Crippen LogP contribution in [0.15, 0.2) is 36.0 Å². The topological polar surface area (TPSA) is 120 Å². The molecular formula is C23H24F4N8O2S. The minimum Gasteiger partial charge on any atom is -0.379 e. The van der Waals surface area contributed by atoms with E-state index >= 15 is 0 Å². The summed E-state index contributed by atoms with van der Waals surface area (Å²) in [6, 6.07) is 2.79. The van der Waals surface area contributed by atoms with E-state index < -0.39 is 44.5 Å². The molecule has 0 amide bonds. The molecule has 202 valence electrons. The number of nitriles is 1. The number of halogens is 4. The van der Waals surface area contributed by atoms with E-state index in [1.165, 1.54) is 17.1 Å². The summed E-state index contributed by atoms with van der Waals surface area (Å²) in [6.45, 7) is 0.644. The number of hydrogen-bond acceptors (Lipinski definition) is 8. The maximum atomic E-state index is 14.3. The van der Waals surface area contributed by atoms with E-state index in [-0.39, 0.29) is 30.6 Å². The summed E-state index contributed by atoms with van der Waals surface area (Å²) in [6.07, 6.45) is 7.20. The van der Waals surface area contributed by atoms with E-state index in [1.54, 1.807) is 25.5 Å². The fourth-order valence-corrected chi connectivity index (χ4v) is 5.70. The van der Waals surface area contributed by atoms with E-state index in [2.05, 4.69) is 20.3 Å². The van der Waals surface area contributed by atoms with Crippen molar-refractivity contribution >= 4 is 21.7 Å².